The standard InChI is InChI=1S/C15H17FN2O2/c1-19-8-7-17-10-12-5-6-15(18-11-12)20-14-4-2-3-13(16)9-14/h2-6,9,11,17H,7-8,10H2,1H3. The number of methoxy groups -OCH3 is 1. The molecule has 0 unspecified atom stereocenters. The number of nitrogens with zero attached hydrogens (tertiary/aromatic N) is 1. The quantitative estimate of drug-likeness (QED) is 0.790. The van der Waals surface area contributed by atoms with Gasteiger partial charge in [0.2, 0.25) is 5.88 Å². The van der Waals surface area contributed by atoms with Crippen LogP contribution in [0, 0.1) is 5.82 Å². The van der Waals surface area contributed by atoms with Crippen molar-refractivity contribution in [2.75, 3.05) is 20.3 Å². The number of nitrogens with one attached hydrogen (secondary N) is 1. The van der Waals surface area contributed by atoms with E-state index in [1.54, 1.807) is 31.5 Å². The number of hydrogen-bond donors (Lipinski definition) is 1. The van der Waals surface area contributed by atoms with E-state index in [0.717, 1.165) is 18.7 Å². The molecule has 106 valence electrons. The van der Waals surface area contributed by atoms with Gasteiger partial charge in [-0.05, 0) is 17.7 Å². The Hall–Kier alpha value is -1.98. The van der Waals surface area contributed by atoms with Crippen LogP contribution in [0.15, 0.2) is 42.6 Å². The van der Waals surface area contributed by atoms with Gasteiger partial charge >= 0.3 is 0 Å². The summed E-state index contributed by atoms with van der Waals surface area (Å²) in [4.78, 5) is 4.19. The normalized spacial score (nSPS) is 10.5. The molecule has 0 radical (unpaired) electrons. The van der Waals surface area contributed by atoms with Crippen molar-refractivity contribution in [3.63, 3.8) is 0 Å². The first-order valence-electron chi connectivity index (χ1n) is 6.36. The number of benzene rings is 1. The molecule has 2 rings (SSSR count). The Labute approximate surface area is 117 Å². The number of rotatable bonds is 7. The molecule has 0 saturated heterocycles. The van der Waals surface area contributed by atoms with Crippen LogP contribution >= 0.6 is 0 Å². The predicted molar refractivity (Wildman–Crippen MR) is 74.3 cm³/mol. The highest BCUT2D eigenvalue weighted by molar-refractivity contribution is 5.28. The van der Waals surface area contributed by atoms with E-state index in [2.05, 4.69) is 10.3 Å². The fourth-order valence-corrected chi connectivity index (χ4v) is 1.63. The Morgan fingerprint density at radius 3 is 2.85 bits per heavy atom. The highest BCUT2D eigenvalue weighted by atomic mass is 19.1. The summed E-state index contributed by atoms with van der Waals surface area (Å²) in [5.74, 6) is 0.543. The Morgan fingerprint density at radius 2 is 2.15 bits per heavy atom. The lowest BCUT2D eigenvalue weighted by atomic mass is 10.3. The maximum Gasteiger partial charge on any atom is 0.219 e. The van der Waals surface area contributed by atoms with Gasteiger partial charge < -0.3 is 14.8 Å². The van der Waals surface area contributed by atoms with Crippen LogP contribution in [-0.2, 0) is 11.3 Å². The molecule has 1 aromatic carbocycles. The Bertz CT molecular complexity index is 532. The Morgan fingerprint density at radius 1 is 1.25 bits per heavy atom. The molecule has 0 amide bonds. The van der Waals surface area contributed by atoms with E-state index in [4.69, 9.17) is 9.47 Å². The minimum atomic E-state index is -0.332. The van der Waals surface area contributed by atoms with E-state index < -0.39 is 0 Å². The molecule has 0 aliphatic heterocycles. The largest absolute Gasteiger partial charge is 0.439 e. The summed E-state index contributed by atoms with van der Waals surface area (Å²) in [6, 6.07) is 9.65. The van der Waals surface area contributed by atoms with Crippen LogP contribution in [0.1, 0.15) is 5.56 Å². The fraction of sp³-hybridized carbons (Fsp3) is 0.267. The Balaban J connectivity index is 1.88. The summed E-state index contributed by atoms with van der Waals surface area (Å²) in [6.45, 7) is 2.18. The molecule has 0 aliphatic carbocycles. The first-order chi connectivity index (χ1) is 9.78. The zero-order valence-corrected chi connectivity index (χ0v) is 11.3. The first-order valence-corrected chi connectivity index (χ1v) is 6.36. The van der Waals surface area contributed by atoms with Gasteiger partial charge in [-0.15, -0.1) is 0 Å². The van der Waals surface area contributed by atoms with Crippen molar-refractivity contribution < 1.29 is 13.9 Å². The highest BCUT2D eigenvalue weighted by Crippen LogP contribution is 2.19. The van der Waals surface area contributed by atoms with Crippen molar-refractivity contribution in [3.05, 3.63) is 54.0 Å². The molecule has 1 N–H and O–H groups in total. The van der Waals surface area contributed by atoms with E-state index in [-0.39, 0.29) is 5.82 Å². The van der Waals surface area contributed by atoms with Gasteiger partial charge in [0, 0.05) is 38.5 Å². The summed E-state index contributed by atoms with van der Waals surface area (Å²) in [5.41, 5.74) is 1.05. The van der Waals surface area contributed by atoms with Crippen LogP contribution in [0.4, 0.5) is 4.39 Å². The minimum Gasteiger partial charge on any atom is -0.439 e. The van der Waals surface area contributed by atoms with Crippen molar-refractivity contribution in [1.29, 1.82) is 0 Å². The maximum atomic E-state index is 13.0. The second kappa shape index (κ2) is 7.57. The van der Waals surface area contributed by atoms with E-state index in [0.29, 0.717) is 18.2 Å². The van der Waals surface area contributed by atoms with E-state index in [1.165, 1.54) is 12.1 Å². The topological polar surface area (TPSA) is 43.4 Å². The lowest BCUT2D eigenvalue weighted by Crippen LogP contribution is -2.18. The molecule has 0 fully saturated rings. The van der Waals surface area contributed by atoms with Gasteiger partial charge in [-0.2, -0.15) is 0 Å². The number of aromatic nitrogens is 1. The van der Waals surface area contributed by atoms with E-state index >= 15 is 0 Å². The molecule has 0 atom stereocenters. The summed E-state index contributed by atoms with van der Waals surface area (Å²) in [7, 11) is 1.67. The average molecular weight is 276 g/mol. The van der Waals surface area contributed by atoms with Gasteiger partial charge in [0.25, 0.3) is 0 Å². The van der Waals surface area contributed by atoms with Crippen molar-refractivity contribution in [3.8, 4) is 11.6 Å². The molecule has 0 saturated carbocycles. The fourth-order valence-electron chi connectivity index (χ4n) is 1.63. The molecule has 1 heterocycles. The van der Waals surface area contributed by atoms with Crippen LogP contribution < -0.4 is 10.1 Å². The summed E-state index contributed by atoms with van der Waals surface area (Å²) in [6.07, 6.45) is 1.73. The van der Waals surface area contributed by atoms with E-state index in [9.17, 15) is 4.39 Å². The number of halogens is 1. The van der Waals surface area contributed by atoms with Crippen molar-refractivity contribution in [2.45, 2.75) is 6.54 Å². The third-order valence-corrected chi connectivity index (χ3v) is 2.63. The summed E-state index contributed by atoms with van der Waals surface area (Å²) in [5, 5.41) is 3.22. The van der Waals surface area contributed by atoms with Gasteiger partial charge in [0.05, 0.1) is 6.61 Å². The van der Waals surface area contributed by atoms with Crippen LogP contribution in [0.3, 0.4) is 0 Å². The third-order valence-electron chi connectivity index (χ3n) is 2.63. The number of ether oxygens (including phenoxy) is 2. The van der Waals surface area contributed by atoms with Crippen molar-refractivity contribution >= 4 is 0 Å². The third kappa shape index (κ3) is 4.60. The first kappa shape index (κ1) is 14.4. The summed E-state index contributed by atoms with van der Waals surface area (Å²) >= 11 is 0. The molecular formula is C15H17FN2O2. The van der Waals surface area contributed by atoms with Gasteiger partial charge in [-0.3, -0.25) is 0 Å². The SMILES string of the molecule is COCCNCc1ccc(Oc2cccc(F)c2)nc1. The zero-order chi connectivity index (χ0) is 14.2. The van der Waals surface area contributed by atoms with Gasteiger partial charge in [0.15, 0.2) is 0 Å². The second-order valence-electron chi connectivity index (χ2n) is 4.23. The van der Waals surface area contributed by atoms with Gasteiger partial charge in [-0.1, -0.05) is 12.1 Å². The number of pyridine rings is 1. The van der Waals surface area contributed by atoms with Gasteiger partial charge in [0.1, 0.15) is 11.6 Å². The summed E-state index contributed by atoms with van der Waals surface area (Å²) < 4.78 is 23.4. The molecule has 4 nitrogen and oxygen atoms in total. The highest BCUT2D eigenvalue weighted by Gasteiger charge is 2.00. The van der Waals surface area contributed by atoms with Crippen molar-refractivity contribution in [2.24, 2.45) is 0 Å². The Kier molecular flexibility index (Phi) is 5.46. The average Bonchev–Trinajstić information content (AvgIpc) is 2.45. The molecule has 20 heavy (non-hydrogen) atoms. The maximum absolute atomic E-state index is 13.0. The second-order valence-corrected chi connectivity index (χ2v) is 4.23. The predicted octanol–water partition coefficient (Wildman–Crippen LogP) is 2.75. The molecular weight excluding hydrogens is 259 g/mol. The molecule has 1 aromatic heterocycles. The smallest absolute Gasteiger partial charge is 0.219 e. The molecule has 0 spiro atoms. The van der Waals surface area contributed by atoms with Gasteiger partial charge in [-0.25, -0.2) is 9.37 Å². The minimum absolute atomic E-state index is 0.332. The van der Waals surface area contributed by atoms with E-state index in [1.807, 2.05) is 6.07 Å². The lowest BCUT2D eigenvalue weighted by Gasteiger charge is -2.06. The zero-order valence-electron chi connectivity index (χ0n) is 11.3. The molecule has 2 aromatic rings. The van der Waals surface area contributed by atoms with Crippen LogP contribution in [0.25, 0.3) is 0 Å². The molecule has 0 bridgehead atoms. The van der Waals surface area contributed by atoms with Crippen molar-refractivity contribution in [1.82, 2.24) is 10.3 Å². The molecule has 5 heteroatoms. The number of hydrogen-bond acceptors (Lipinski definition) is 4. The van der Waals surface area contributed by atoms with Crippen LogP contribution in [0.2, 0.25) is 0 Å². The lowest BCUT2D eigenvalue weighted by molar-refractivity contribution is 0.199. The monoisotopic (exact) mass is 276 g/mol. The van der Waals surface area contributed by atoms with Crippen LogP contribution in [0.5, 0.6) is 11.6 Å². The van der Waals surface area contributed by atoms with Crippen LogP contribution in [-0.4, -0.2) is 25.2 Å². The molecule has 0 aliphatic rings.